The van der Waals surface area contributed by atoms with E-state index < -0.39 is 0 Å². The van der Waals surface area contributed by atoms with Crippen LogP contribution in [-0.4, -0.2) is 25.5 Å². The largest absolute Gasteiger partial charge is 0.328 e. The number of allylic oxidation sites excluding steroid dienone is 2. The third kappa shape index (κ3) is 2.73. The second kappa shape index (κ2) is 6.32. The molecule has 0 spiro atoms. The highest BCUT2D eigenvalue weighted by atomic mass is 35.5. The zero-order valence-corrected chi connectivity index (χ0v) is 15.1. The van der Waals surface area contributed by atoms with E-state index in [1.807, 2.05) is 42.5 Å². The molecule has 1 unspecified atom stereocenters. The quantitative estimate of drug-likeness (QED) is 0.730. The van der Waals surface area contributed by atoms with Crippen LogP contribution in [0.1, 0.15) is 31.0 Å². The van der Waals surface area contributed by atoms with Crippen LogP contribution in [0.4, 0.5) is 5.95 Å². The molecule has 1 aliphatic carbocycles. The maximum atomic E-state index is 12.7. The van der Waals surface area contributed by atoms with E-state index in [1.54, 1.807) is 10.9 Å². The number of carbonyl (C=O) groups excluding carboxylic acids is 1. The Kier molecular flexibility index (Phi) is 3.79. The number of hydrogen-bond donors (Lipinski definition) is 1. The molecule has 0 amide bonds. The minimum atomic E-state index is -0.362. The molecule has 1 aromatic carbocycles. The van der Waals surface area contributed by atoms with Gasteiger partial charge in [0.1, 0.15) is 6.04 Å². The number of halogens is 1. The zero-order chi connectivity index (χ0) is 18.4. The highest BCUT2D eigenvalue weighted by molar-refractivity contribution is 6.30. The fourth-order valence-corrected chi connectivity index (χ4v) is 3.81. The second-order valence-electron chi connectivity index (χ2n) is 6.66. The Morgan fingerprint density at radius 2 is 1.96 bits per heavy atom. The summed E-state index contributed by atoms with van der Waals surface area (Å²) in [6.07, 6.45) is 3.96. The standard InChI is InChI=1S/C20H16ClN5O/c21-13-9-7-12(8-10-13)19-24-20-23-14-5-3-6-16(27)17(14)18(26(20)25-19)15-4-1-2-11-22-15/h1-2,4,7-11,18H,3,5-6H2,(H,23,24,25). The van der Waals surface area contributed by atoms with Gasteiger partial charge in [0.25, 0.3) is 0 Å². The molecule has 1 atom stereocenters. The molecule has 2 aromatic heterocycles. The van der Waals surface area contributed by atoms with Gasteiger partial charge in [-0.25, -0.2) is 4.68 Å². The number of aromatic nitrogens is 4. The smallest absolute Gasteiger partial charge is 0.226 e. The fraction of sp³-hybridized carbons (Fsp3) is 0.200. The molecule has 0 saturated carbocycles. The van der Waals surface area contributed by atoms with Crippen molar-refractivity contribution in [2.24, 2.45) is 0 Å². The van der Waals surface area contributed by atoms with E-state index in [-0.39, 0.29) is 11.8 Å². The van der Waals surface area contributed by atoms with Crippen LogP contribution in [0.3, 0.4) is 0 Å². The molecule has 3 aromatic rings. The van der Waals surface area contributed by atoms with Gasteiger partial charge < -0.3 is 5.32 Å². The van der Waals surface area contributed by atoms with Crippen molar-refractivity contribution in [1.29, 1.82) is 0 Å². The number of carbonyl (C=O) groups is 1. The Labute approximate surface area is 160 Å². The minimum absolute atomic E-state index is 0.147. The van der Waals surface area contributed by atoms with Gasteiger partial charge in [0.15, 0.2) is 11.6 Å². The van der Waals surface area contributed by atoms with Crippen LogP contribution in [0.5, 0.6) is 0 Å². The molecule has 134 valence electrons. The molecule has 0 saturated heterocycles. The molecule has 1 N–H and O–H groups in total. The van der Waals surface area contributed by atoms with Crippen molar-refractivity contribution in [3.05, 3.63) is 70.6 Å². The second-order valence-corrected chi connectivity index (χ2v) is 7.10. The number of fused-ring (bicyclic) bond motifs is 1. The predicted molar refractivity (Wildman–Crippen MR) is 102 cm³/mol. The zero-order valence-electron chi connectivity index (χ0n) is 14.4. The number of nitrogens with one attached hydrogen (secondary N) is 1. The number of anilines is 1. The Hall–Kier alpha value is -2.99. The van der Waals surface area contributed by atoms with E-state index in [0.717, 1.165) is 35.4 Å². The van der Waals surface area contributed by atoms with E-state index in [2.05, 4.69) is 15.3 Å². The van der Waals surface area contributed by atoms with Gasteiger partial charge in [0.2, 0.25) is 5.95 Å². The Morgan fingerprint density at radius 1 is 1.11 bits per heavy atom. The van der Waals surface area contributed by atoms with Crippen molar-refractivity contribution in [2.75, 3.05) is 5.32 Å². The van der Waals surface area contributed by atoms with Gasteiger partial charge in [0, 0.05) is 34.5 Å². The van der Waals surface area contributed by atoms with Gasteiger partial charge in [0.05, 0.1) is 5.69 Å². The number of pyridine rings is 1. The summed E-state index contributed by atoms with van der Waals surface area (Å²) in [5.74, 6) is 1.36. The van der Waals surface area contributed by atoms with E-state index in [0.29, 0.717) is 23.2 Å². The molecular formula is C20H16ClN5O. The number of ketones is 1. The molecule has 1 aliphatic heterocycles. The van der Waals surface area contributed by atoms with Gasteiger partial charge in [-0.15, -0.1) is 5.10 Å². The predicted octanol–water partition coefficient (Wildman–Crippen LogP) is 4.02. The molecular weight excluding hydrogens is 362 g/mol. The molecule has 2 aliphatic rings. The van der Waals surface area contributed by atoms with Crippen molar-refractivity contribution in [1.82, 2.24) is 19.7 Å². The highest BCUT2D eigenvalue weighted by Gasteiger charge is 2.37. The third-order valence-corrected chi connectivity index (χ3v) is 5.19. The summed E-state index contributed by atoms with van der Waals surface area (Å²) < 4.78 is 1.77. The normalized spacial score (nSPS) is 18.7. The lowest BCUT2D eigenvalue weighted by molar-refractivity contribution is -0.116. The first kappa shape index (κ1) is 16.2. The fourth-order valence-electron chi connectivity index (χ4n) is 3.69. The van der Waals surface area contributed by atoms with Gasteiger partial charge in [-0.1, -0.05) is 17.7 Å². The van der Waals surface area contributed by atoms with Gasteiger partial charge in [-0.2, -0.15) is 4.98 Å². The summed E-state index contributed by atoms with van der Waals surface area (Å²) in [6.45, 7) is 0. The van der Waals surface area contributed by atoms with Crippen LogP contribution in [0, 0.1) is 0 Å². The molecule has 0 bridgehead atoms. The van der Waals surface area contributed by atoms with Crippen molar-refractivity contribution in [3.8, 4) is 11.4 Å². The van der Waals surface area contributed by atoms with Crippen LogP contribution < -0.4 is 5.32 Å². The first-order chi connectivity index (χ1) is 13.2. The summed E-state index contributed by atoms with van der Waals surface area (Å²) >= 11 is 5.99. The lowest BCUT2D eigenvalue weighted by atomic mass is 9.87. The first-order valence-corrected chi connectivity index (χ1v) is 9.25. The summed E-state index contributed by atoms with van der Waals surface area (Å²) in [5, 5.41) is 8.69. The Balaban J connectivity index is 1.67. The summed E-state index contributed by atoms with van der Waals surface area (Å²) in [7, 11) is 0. The molecule has 7 heteroatoms. The van der Waals surface area contributed by atoms with Gasteiger partial charge in [-0.05, 0) is 49.2 Å². The van der Waals surface area contributed by atoms with Crippen LogP contribution in [0.2, 0.25) is 5.02 Å². The van der Waals surface area contributed by atoms with Crippen LogP contribution in [-0.2, 0) is 4.79 Å². The average Bonchev–Trinajstić information content (AvgIpc) is 3.11. The lowest BCUT2D eigenvalue weighted by Crippen LogP contribution is -2.32. The number of rotatable bonds is 2. The molecule has 0 fully saturated rings. The molecule has 0 radical (unpaired) electrons. The van der Waals surface area contributed by atoms with Crippen molar-refractivity contribution in [2.45, 2.75) is 25.3 Å². The average molecular weight is 378 g/mol. The Morgan fingerprint density at radius 3 is 2.74 bits per heavy atom. The molecule has 3 heterocycles. The van der Waals surface area contributed by atoms with Crippen molar-refractivity contribution >= 4 is 23.3 Å². The van der Waals surface area contributed by atoms with Crippen LogP contribution in [0.25, 0.3) is 11.4 Å². The number of hydrogen-bond acceptors (Lipinski definition) is 5. The topological polar surface area (TPSA) is 72.7 Å². The van der Waals surface area contributed by atoms with E-state index >= 15 is 0 Å². The number of nitrogens with zero attached hydrogens (tertiary/aromatic N) is 4. The highest BCUT2D eigenvalue weighted by Crippen LogP contribution is 2.39. The van der Waals surface area contributed by atoms with Crippen molar-refractivity contribution in [3.63, 3.8) is 0 Å². The monoisotopic (exact) mass is 377 g/mol. The summed E-state index contributed by atoms with van der Waals surface area (Å²) in [5.41, 5.74) is 3.34. The van der Waals surface area contributed by atoms with E-state index in [4.69, 9.17) is 16.7 Å². The number of benzene rings is 1. The van der Waals surface area contributed by atoms with E-state index in [9.17, 15) is 4.79 Å². The summed E-state index contributed by atoms with van der Waals surface area (Å²) in [6, 6.07) is 12.8. The third-order valence-electron chi connectivity index (χ3n) is 4.94. The lowest BCUT2D eigenvalue weighted by Gasteiger charge is -2.31. The maximum Gasteiger partial charge on any atom is 0.226 e. The van der Waals surface area contributed by atoms with E-state index in [1.165, 1.54) is 0 Å². The SMILES string of the molecule is O=C1CCCC2=C1C(c1ccccn1)n1nc(-c3ccc(Cl)cc3)nc1N2. The van der Waals surface area contributed by atoms with Gasteiger partial charge >= 0.3 is 0 Å². The van der Waals surface area contributed by atoms with Gasteiger partial charge in [-0.3, -0.25) is 9.78 Å². The summed E-state index contributed by atoms with van der Waals surface area (Å²) in [4.78, 5) is 21.9. The molecule has 27 heavy (non-hydrogen) atoms. The Bertz CT molecular complexity index is 1060. The first-order valence-electron chi connectivity index (χ1n) is 8.87. The molecule has 5 rings (SSSR count). The van der Waals surface area contributed by atoms with Crippen LogP contribution in [0.15, 0.2) is 59.9 Å². The molecule has 6 nitrogen and oxygen atoms in total. The minimum Gasteiger partial charge on any atom is -0.328 e. The van der Waals surface area contributed by atoms with Crippen molar-refractivity contribution < 1.29 is 4.79 Å². The van der Waals surface area contributed by atoms with Crippen LogP contribution >= 0.6 is 11.6 Å². The number of Topliss-reactive ketones (excluding diaryl/α,β-unsaturated/α-hetero) is 1. The maximum absolute atomic E-state index is 12.7.